The van der Waals surface area contributed by atoms with Crippen molar-refractivity contribution in [2.75, 3.05) is 31.5 Å². The lowest BCUT2D eigenvalue weighted by Crippen LogP contribution is -2.30. The molecule has 4 rings (SSSR count). The Morgan fingerprint density at radius 2 is 1.33 bits per heavy atom. The van der Waals surface area contributed by atoms with Gasteiger partial charge in [-0.1, -0.05) is 74.9 Å². The number of hydrogen-bond donors (Lipinski definition) is 2. The van der Waals surface area contributed by atoms with E-state index in [1.165, 1.54) is 22.3 Å². The molecule has 0 aromatic heterocycles. The summed E-state index contributed by atoms with van der Waals surface area (Å²) in [5.41, 5.74) is 6.80. The van der Waals surface area contributed by atoms with Gasteiger partial charge in [0, 0.05) is 37.4 Å². The summed E-state index contributed by atoms with van der Waals surface area (Å²) < 4.78 is 31.7. The van der Waals surface area contributed by atoms with Crippen molar-refractivity contribution in [3.63, 3.8) is 0 Å². The summed E-state index contributed by atoms with van der Waals surface area (Å²) in [6.45, 7) is 14.9. The molecule has 1 aliphatic rings. The number of rotatable bonds is 6. The predicted octanol–water partition coefficient (Wildman–Crippen LogP) is 6.89. The molecule has 0 aliphatic carbocycles. The third-order valence-corrected chi connectivity index (χ3v) is 7.02. The Morgan fingerprint density at radius 1 is 0.810 bits per heavy atom. The summed E-state index contributed by atoms with van der Waals surface area (Å²) in [6, 6.07) is 25.0. The molecule has 0 bridgehead atoms. The molecule has 0 radical (unpaired) electrons. The SMILES string of the molecule is Cc1cccc(CN2CCCN(Cc3cccc(C(=O)Nc4ccc(C(C)(C)C)cc4)c3)CC2)c1.O=C(O)C(F)(F)F. The standard InChI is InChI=1S/C31H39N3O.C2HF3O2/c1-24-8-5-9-25(20-24)22-33-16-7-17-34(19-18-33)23-26-10-6-11-27(21-26)30(35)32-29-14-12-28(13-15-29)31(2,3)4;3-2(4,5)1(6)7/h5-6,8-15,20-21H,7,16-19,22-23H2,1-4H3,(H,32,35);(H,6,7). The Hall–Kier alpha value is -3.69. The highest BCUT2D eigenvalue weighted by molar-refractivity contribution is 6.04. The lowest BCUT2D eigenvalue weighted by molar-refractivity contribution is -0.192. The molecular formula is C33H40F3N3O3. The van der Waals surface area contributed by atoms with Crippen LogP contribution in [0.15, 0.2) is 72.8 Å². The van der Waals surface area contributed by atoms with E-state index in [9.17, 15) is 18.0 Å². The van der Waals surface area contributed by atoms with Crippen molar-refractivity contribution in [1.82, 2.24) is 9.80 Å². The second-order valence-electron chi connectivity index (χ2n) is 11.7. The number of carbonyl (C=O) groups is 2. The van der Waals surface area contributed by atoms with Crippen molar-refractivity contribution in [3.8, 4) is 0 Å². The average molecular weight is 584 g/mol. The molecule has 1 heterocycles. The zero-order valence-electron chi connectivity index (χ0n) is 24.7. The van der Waals surface area contributed by atoms with Crippen LogP contribution in [-0.2, 0) is 23.3 Å². The van der Waals surface area contributed by atoms with Crippen LogP contribution >= 0.6 is 0 Å². The molecule has 226 valence electrons. The quantitative estimate of drug-likeness (QED) is 0.331. The molecule has 0 spiro atoms. The normalized spacial score (nSPS) is 14.8. The van der Waals surface area contributed by atoms with E-state index in [1.807, 2.05) is 30.3 Å². The first-order valence-corrected chi connectivity index (χ1v) is 14.0. The number of carboxylic acids is 1. The summed E-state index contributed by atoms with van der Waals surface area (Å²) in [5.74, 6) is -2.82. The number of amides is 1. The smallest absolute Gasteiger partial charge is 0.475 e. The topological polar surface area (TPSA) is 72.9 Å². The molecule has 3 aromatic rings. The van der Waals surface area contributed by atoms with Gasteiger partial charge < -0.3 is 10.4 Å². The van der Waals surface area contributed by atoms with E-state index >= 15 is 0 Å². The van der Waals surface area contributed by atoms with Crippen molar-refractivity contribution in [3.05, 3.63) is 101 Å². The molecule has 0 atom stereocenters. The van der Waals surface area contributed by atoms with Gasteiger partial charge in [0.2, 0.25) is 0 Å². The summed E-state index contributed by atoms with van der Waals surface area (Å²) in [4.78, 5) is 26.9. The highest BCUT2D eigenvalue weighted by atomic mass is 19.4. The van der Waals surface area contributed by atoms with Gasteiger partial charge in [-0.3, -0.25) is 14.6 Å². The van der Waals surface area contributed by atoms with Gasteiger partial charge in [-0.05, 0) is 72.8 Å². The molecule has 0 unspecified atom stereocenters. The largest absolute Gasteiger partial charge is 0.490 e. The number of aliphatic carboxylic acids is 1. The van der Waals surface area contributed by atoms with Gasteiger partial charge in [-0.25, -0.2) is 4.79 Å². The van der Waals surface area contributed by atoms with Crippen LogP contribution in [0.5, 0.6) is 0 Å². The summed E-state index contributed by atoms with van der Waals surface area (Å²) in [7, 11) is 0. The number of benzene rings is 3. The number of hydrogen-bond acceptors (Lipinski definition) is 4. The van der Waals surface area contributed by atoms with Crippen molar-refractivity contribution in [1.29, 1.82) is 0 Å². The molecule has 1 saturated heterocycles. The Kier molecular flexibility index (Phi) is 11.3. The van der Waals surface area contributed by atoms with Crippen molar-refractivity contribution in [2.24, 2.45) is 0 Å². The predicted molar refractivity (Wildman–Crippen MR) is 160 cm³/mol. The van der Waals surface area contributed by atoms with Crippen LogP contribution in [0.1, 0.15) is 59.8 Å². The molecule has 1 amide bonds. The fraction of sp³-hybridized carbons (Fsp3) is 0.394. The number of anilines is 1. The summed E-state index contributed by atoms with van der Waals surface area (Å²) >= 11 is 0. The van der Waals surface area contributed by atoms with Crippen LogP contribution in [0.2, 0.25) is 0 Å². The van der Waals surface area contributed by atoms with Crippen molar-refractivity contribution >= 4 is 17.6 Å². The van der Waals surface area contributed by atoms with Crippen LogP contribution < -0.4 is 5.32 Å². The Morgan fingerprint density at radius 3 is 1.83 bits per heavy atom. The van der Waals surface area contributed by atoms with Crippen LogP contribution in [0.4, 0.5) is 18.9 Å². The third-order valence-electron chi connectivity index (χ3n) is 7.02. The zero-order valence-corrected chi connectivity index (χ0v) is 24.7. The molecule has 0 saturated carbocycles. The van der Waals surface area contributed by atoms with E-state index in [-0.39, 0.29) is 11.3 Å². The number of halogens is 3. The third kappa shape index (κ3) is 10.6. The highest BCUT2D eigenvalue weighted by Gasteiger charge is 2.38. The molecule has 3 aromatic carbocycles. The summed E-state index contributed by atoms with van der Waals surface area (Å²) in [5, 5.41) is 10.2. The molecule has 42 heavy (non-hydrogen) atoms. The minimum absolute atomic E-state index is 0.0597. The average Bonchev–Trinajstić information content (AvgIpc) is 3.13. The van der Waals surface area contributed by atoms with Crippen molar-refractivity contribution < 1.29 is 27.9 Å². The fourth-order valence-electron chi connectivity index (χ4n) is 4.74. The van der Waals surface area contributed by atoms with Gasteiger partial charge in [-0.15, -0.1) is 0 Å². The molecule has 2 N–H and O–H groups in total. The summed E-state index contributed by atoms with van der Waals surface area (Å²) in [6.07, 6.45) is -3.92. The number of nitrogens with zero attached hydrogens (tertiary/aromatic N) is 2. The van der Waals surface area contributed by atoms with Gasteiger partial charge in [0.15, 0.2) is 0 Å². The number of alkyl halides is 3. The zero-order chi connectivity index (χ0) is 30.9. The van der Waals surface area contributed by atoms with Gasteiger partial charge in [-0.2, -0.15) is 13.2 Å². The lowest BCUT2D eigenvalue weighted by Gasteiger charge is -2.22. The minimum Gasteiger partial charge on any atom is -0.475 e. The van der Waals surface area contributed by atoms with Crippen LogP contribution in [0, 0.1) is 6.92 Å². The molecular weight excluding hydrogens is 543 g/mol. The van der Waals surface area contributed by atoms with Gasteiger partial charge in [0.05, 0.1) is 0 Å². The maximum Gasteiger partial charge on any atom is 0.490 e. The highest BCUT2D eigenvalue weighted by Crippen LogP contribution is 2.24. The van der Waals surface area contributed by atoms with Gasteiger partial charge in [0.1, 0.15) is 0 Å². The molecule has 1 fully saturated rings. The van der Waals surface area contributed by atoms with E-state index < -0.39 is 12.1 Å². The number of nitrogens with one attached hydrogen (secondary N) is 1. The molecule has 1 aliphatic heterocycles. The second-order valence-corrected chi connectivity index (χ2v) is 11.7. The van der Waals surface area contributed by atoms with E-state index in [4.69, 9.17) is 9.90 Å². The Balaban J connectivity index is 0.000000616. The van der Waals surface area contributed by atoms with E-state index in [0.29, 0.717) is 5.56 Å². The van der Waals surface area contributed by atoms with Crippen LogP contribution in [0.25, 0.3) is 0 Å². The number of carbonyl (C=O) groups excluding carboxylic acids is 1. The fourth-order valence-corrected chi connectivity index (χ4v) is 4.74. The lowest BCUT2D eigenvalue weighted by atomic mass is 9.87. The van der Waals surface area contributed by atoms with Gasteiger partial charge in [0.25, 0.3) is 5.91 Å². The number of aryl methyl sites for hydroxylation is 1. The number of carboxylic acid groups (broad SMARTS) is 1. The minimum atomic E-state index is -5.08. The van der Waals surface area contributed by atoms with Gasteiger partial charge >= 0.3 is 12.1 Å². The van der Waals surface area contributed by atoms with E-state index in [2.05, 4.69) is 85.3 Å². The van der Waals surface area contributed by atoms with Crippen LogP contribution in [0.3, 0.4) is 0 Å². The van der Waals surface area contributed by atoms with E-state index in [0.717, 1.165) is 51.4 Å². The molecule has 6 nitrogen and oxygen atoms in total. The monoisotopic (exact) mass is 583 g/mol. The van der Waals surface area contributed by atoms with Crippen molar-refractivity contribution in [2.45, 2.75) is 58.8 Å². The first kappa shape index (κ1) is 32.8. The molecule has 9 heteroatoms. The van der Waals surface area contributed by atoms with E-state index in [1.54, 1.807) is 0 Å². The Bertz CT molecular complexity index is 1330. The van der Waals surface area contributed by atoms with Crippen LogP contribution in [-0.4, -0.2) is 59.1 Å². The first-order valence-electron chi connectivity index (χ1n) is 14.0. The second kappa shape index (κ2) is 14.5. The maximum absolute atomic E-state index is 12.9. The Labute approximate surface area is 246 Å². The maximum atomic E-state index is 12.9. The first-order chi connectivity index (χ1) is 19.7.